The van der Waals surface area contributed by atoms with Crippen LogP contribution in [0.15, 0.2) is 24.3 Å². The number of aliphatic hydroxyl groups is 1. The molecular weight excluding hydrogens is 278 g/mol. The van der Waals surface area contributed by atoms with Crippen molar-refractivity contribution < 1.29 is 14.6 Å². The van der Waals surface area contributed by atoms with Gasteiger partial charge in [-0.3, -0.25) is 4.90 Å². The Kier molecular flexibility index (Phi) is 4.50. The molecule has 0 unspecified atom stereocenters. The average Bonchev–Trinajstić information content (AvgIpc) is 3.07. The minimum atomic E-state index is 0.0630. The first-order chi connectivity index (χ1) is 10.8. The van der Waals surface area contributed by atoms with E-state index in [0.717, 1.165) is 47.5 Å². The summed E-state index contributed by atoms with van der Waals surface area (Å²) in [4.78, 5) is 2.45. The summed E-state index contributed by atoms with van der Waals surface area (Å²) < 4.78 is 10.8. The number of benzene rings is 2. The van der Waals surface area contributed by atoms with Crippen LogP contribution in [0.2, 0.25) is 0 Å². The molecule has 1 fully saturated rings. The summed E-state index contributed by atoms with van der Waals surface area (Å²) in [7, 11) is 3.30. The zero-order chi connectivity index (χ0) is 15.5. The van der Waals surface area contributed by atoms with Gasteiger partial charge in [0.15, 0.2) is 11.5 Å². The summed E-state index contributed by atoms with van der Waals surface area (Å²) in [6.07, 6.45) is 2.52. The van der Waals surface area contributed by atoms with Gasteiger partial charge in [0.25, 0.3) is 0 Å². The summed E-state index contributed by atoms with van der Waals surface area (Å²) in [5.41, 5.74) is 2.19. The molecule has 1 aliphatic rings. The van der Waals surface area contributed by atoms with E-state index < -0.39 is 0 Å². The monoisotopic (exact) mass is 301 g/mol. The largest absolute Gasteiger partial charge is 0.493 e. The SMILES string of the molecule is COc1cc2ccc(CO)c(CN3CCCC3)c2cc1OC. The van der Waals surface area contributed by atoms with Crippen molar-refractivity contribution in [2.24, 2.45) is 0 Å². The summed E-state index contributed by atoms with van der Waals surface area (Å²) >= 11 is 0. The van der Waals surface area contributed by atoms with Gasteiger partial charge in [0.2, 0.25) is 0 Å². The molecule has 0 atom stereocenters. The number of methoxy groups -OCH3 is 2. The van der Waals surface area contributed by atoms with Crippen LogP contribution in [-0.4, -0.2) is 37.3 Å². The smallest absolute Gasteiger partial charge is 0.161 e. The number of likely N-dealkylation sites (tertiary alicyclic amines) is 1. The highest BCUT2D eigenvalue weighted by Crippen LogP contribution is 2.35. The van der Waals surface area contributed by atoms with Crippen LogP contribution in [0, 0.1) is 0 Å². The maximum atomic E-state index is 9.70. The Morgan fingerprint density at radius 2 is 1.73 bits per heavy atom. The minimum absolute atomic E-state index is 0.0630. The van der Waals surface area contributed by atoms with Crippen LogP contribution in [-0.2, 0) is 13.2 Å². The first-order valence-electron chi connectivity index (χ1n) is 7.76. The third-order valence-corrected chi connectivity index (χ3v) is 4.48. The van der Waals surface area contributed by atoms with Gasteiger partial charge in [0.1, 0.15) is 0 Å². The van der Waals surface area contributed by atoms with Crippen molar-refractivity contribution in [1.82, 2.24) is 4.90 Å². The Morgan fingerprint density at radius 1 is 1.05 bits per heavy atom. The van der Waals surface area contributed by atoms with Gasteiger partial charge in [-0.1, -0.05) is 12.1 Å². The Balaban J connectivity index is 2.12. The molecule has 4 heteroatoms. The Morgan fingerprint density at radius 3 is 2.36 bits per heavy atom. The molecule has 118 valence electrons. The fraction of sp³-hybridized carbons (Fsp3) is 0.444. The van der Waals surface area contributed by atoms with E-state index in [-0.39, 0.29) is 6.61 Å². The van der Waals surface area contributed by atoms with Crippen molar-refractivity contribution >= 4 is 10.8 Å². The molecule has 0 spiro atoms. The molecule has 0 aliphatic carbocycles. The van der Waals surface area contributed by atoms with E-state index in [1.54, 1.807) is 14.2 Å². The maximum Gasteiger partial charge on any atom is 0.161 e. The van der Waals surface area contributed by atoms with Gasteiger partial charge < -0.3 is 14.6 Å². The molecule has 0 amide bonds. The third kappa shape index (κ3) is 2.76. The molecule has 1 heterocycles. The Bertz CT molecular complexity index is 663. The summed E-state index contributed by atoms with van der Waals surface area (Å²) in [6.45, 7) is 3.21. The fourth-order valence-electron chi connectivity index (χ4n) is 3.26. The molecule has 0 bridgehead atoms. The molecular formula is C18H23NO3. The highest BCUT2D eigenvalue weighted by Gasteiger charge is 2.17. The second-order valence-corrected chi connectivity index (χ2v) is 5.77. The van der Waals surface area contributed by atoms with Crippen LogP contribution < -0.4 is 9.47 Å². The van der Waals surface area contributed by atoms with E-state index in [1.807, 2.05) is 24.3 Å². The lowest BCUT2D eigenvalue weighted by Gasteiger charge is -2.20. The van der Waals surface area contributed by atoms with Crippen LogP contribution in [0.25, 0.3) is 10.8 Å². The summed E-state index contributed by atoms with van der Waals surface area (Å²) in [5.74, 6) is 1.46. The average molecular weight is 301 g/mol. The minimum Gasteiger partial charge on any atom is -0.493 e. The predicted octanol–water partition coefficient (Wildman–Crippen LogP) is 2.95. The Labute approximate surface area is 131 Å². The lowest BCUT2D eigenvalue weighted by molar-refractivity contribution is 0.275. The molecule has 1 aliphatic heterocycles. The molecule has 4 nitrogen and oxygen atoms in total. The van der Waals surface area contributed by atoms with Crippen molar-refractivity contribution in [2.45, 2.75) is 26.0 Å². The zero-order valence-corrected chi connectivity index (χ0v) is 13.3. The van der Waals surface area contributed by atoms with Crippen molar-refractivity contribution in [2.75, 3.05) is 27.3 Å². The van der Waals surface area contributed by atoms with Gasteiger partial charge in [-0.15, -0.1) is 0 Å². The molecule has 0 saturated carbocycles. The molecule has 1 saturated heterocycles. The van der Waals surface area contributed by atoms with Crippen molar-refractivity contribution in [3.05, 3.63) is 35.4 Å². The third-order valence-electron chi connectivity index (χ3n) is 4.48. The number of nitrogens with zero attached hydrogens (tertiary/aromatic N) is 1. The second kappa shape index (κ2) is 6.55. The van der Waals surface area contributed by atoms with E-state index in [1.165, 1.54) is 18.4 Å². The van der Waals surface area contributed by atoms with E-state index >= 15 is 0 Å². The molecule has 1 N–H and O–H groups in total. The number of fused-ring (bicyclic) bond motifs is 1. The highest BCUT2D eigenvalue weighted by atomic mass is 16.5. The van der Waals surface area contributed by atoms with Gasteiger partial charge in [-0.05, 0) is 60.0 Å². The van der Waals surface area contributed by atoms with Gasteiger partial charge in [-0.2, -0.15) is 0 Å². The number of ether oxygens (including phenoxy) is 2. The van der Waals surface area contributed by atoms with Crippen LogP contribution in [0.5, 0.6) is 11.5 Å². The van der Waals surface area contributed by atoms with E-state index in [4.69, 9.17) is 9.47 Å². The molecule has 2 aromatic rings. The number of hydrogen-bond donors (Lipinski definition) is 1. The second-order valence-electron chi connectivity index (χ2n) is 5.77. The first kappa shape index (κ1) is 15.1. The number of hydrogen-bond acceptors (Lipinski definition) is 4. The van der Waals surface area contributed by atoms with Gasteiger partial charge in [-0.25, -0.2) is 0 Å². The van der Waals surface area contributed by atoms with Crippen molar-refractivity contribution in [3.63, 3.8) is 0 Å². The van der Waals surface area contributed by atoms with E-state index in [9.17, 15) is 5.11 Å². The predicted molar refractivity (Wildman–Crippen MR) is 87.5 cm³/mol. The molecule has 2 aromatic carbocycles. The molecule has 0 radical (unpaired) electrons. The van der Waals surface area contributed by atoms with Crippen LogP contribution in [0.4, 0.5) is 0 Å². The van der Waals surface area contributed by atoms with E-state index in [2.05, 4.69) is 4.90 Å². The zero-order valence-electron chi connectivity index (χ0n) is 13.3. The molecule has 3 rings (SSSR count). The topological polar surface area (TPSA) is 41.9 Å². The first-order valence-corrected chi connectivity index (χ1v) is 7.76. The lowest BCUT2D eigenvalue weighted by Crippen LogP contribution is -2.19. The summed E-state index contributed by atoms with van der Waals surface area (Å²) in [6, 6.07) is 8.08. The van der Waals surface area contributed by atoms with Crippen molar-refractivity contribution in [3.8, 4) is 11.5 Å². The maximum absolute atomic E-state index is 9.70. The quantitative estimate of drug-likeness (QED) is 0.922. The van der Waals surface area contributed by atoms with E-state index in [0.29, 0.717) is 0 Å². The van der Waals surface area contributed by atoms with Crippen LogP contribution in [0.1, 0.15) is 24.0 Å². The standard InChI is InChI=1S/C18H23NO3/c1-21-17-9-13-5-6-14(12-20)16(11-19-7-3-4-8-19)15(13)10-18(17)22-2/h5-6,9-10,20H,3-4,7-8,11-12H2,1-2H3. The van der Waals surface area contributed by atoms with Crippen molar-refractivity contribution in [1.29, 1.82) is 0 Å². The highest BCUT2D eigenvalue weighted by molar-refractivity contribution is 5.90. The Hall–Kier alpha value is -1.78. The lowest BCUT2D eigenvalue weighted by atomic mass is 9.98. The van der Waals surface area contributed by atoms with Crippen LogP contribution >= 0.6 is 0 Å². The number of aliphatic hydroxyl groups excluding tert-OH is 1. The summed E-state index contributed by atoms with van der Waals surface area (Å²) in [5, 5.41) is 12.0. The molecule has 0 aromatic heterocycles. The number of rotatable bonds is 5. The van der Waals surface area contributed by atoms with Gasteiger partial charge in [0.05, 0.1) is 20.8 Å². The van der Waals surface area contributed by atoms with Gasteiger partial charge in [0, 0.05) is 6.54 Å². The van der Waals surface area contributed by atoms with Gasteiger partial charge >= 0.3 is 0 Å². The normalized spacial score (nSPS) is 15.4. The molecule has 22 heavy (non-hydrogen) atoms. The fourth-order valence-corrected chi connectivity index (χ4v) is 3.26. The van der Waals surface area contributed by atoms with Crippen LogP contribution in [0.3, 0.4) is 0 Å².